The van der Waals surface area contributed by atoms with Crippen molar-refractivity contribution in [3.05, 3.63) is 93.5 Å². The highest BCUT2D eigenvalue weighted by Gasteiger charge is 2.41. The zero-order valence-corrected chi connectivity index (χ0v) is 28.3. The molecule has 1 atom stereocenters. The van der Waals surface area contributed by atoms with Crippen LogP contribution in [-0.4, -0.2) is 46.7 Å². The number of aliphatic carboxylic acids is 1. The largest absolute Gasteiger partial charge is 0.482 e. The molecule has 7 nitrogen and oxygen atoms in total. The van der Waals surface area contributed by atoms with Gasteiger partial charge in [-0.1, -0.05) is 18.2 Å². The summed E-state index contributed by atoms with van der Waals surface area (Å²) in [5, 5.41) is 11.6. The molecule has 2 N–H and O–H groups in total. The minimum Gasteiger partial charge on any atom is -0.482 e. The third-order valence-corrected chi connectivity index (χ3v) is 11.6. The van der Waals surface area contributed by atoms with E-state index in [1.54, 1.807) is 12.1 Å². The van der Waals surface area contributed by atoms with Crippen molar-refractivity contribution in [2.24, 2.45) is 0 Å². The lowest BCUT2D eigenvalue weighted by Gasteiger charge is -2.43. The molecule has 3 aromatic carbocycles. The molecule has 6 rings (SSSR count). The van der Waals surface area contributed by atoms with Crippen molar-refractivity contribution in [1.29, 1.82) is 0 Å². The second-order valence-corrected chi connectivity index (χ2v) is 15.5. The Balaban J connectivity index is 1.74. The Morgan fingerprint density at radius 3 is 2.20 bits per heavy atom. The second-order valence-electron chi connectivity index (χ2n) is 13.4. The highest BCUT2D eigenvalue weighted by Crippen LogP contribution is 2.48. The van der Waals surface area contributed by atoms with E-state index in [1.807, 2.05) is 24.3 Å². The topological polar surface area (TPSA) is 90.1 Å². The third-order valence-electron chi connectivity index (χ3n) is 9.52. The van der Waals surface area contributed by atoms with Crippen LogP contribution in [0.15, 0.2) is 60.7 Å². The summed E-state index contributed by atoms with van der Waals surface area (Å²) in [5.41, 5.74) is 7.28. The van der Waals surface area contributed by atoms with Gasteiger partial charge in [-0.3, -0.25) is 4.57 Å². The number of fused-ring (bicyclic) bond motifs is 4. The molecule has 0 spiro atoms. The first-order valence-corrected chi connectivity index (χ1v) is 17.2. The molecule has 3 aliphatic rings. The zero-order valence-electron chi connectivity index (χ0n) is 27.4. The molecule has 0 radical (unpaired) electrons. The quantitative estimate of drug-likeness (QED) is 0.306. The Morgan fingerprint density at radius 2 is 1.58 bits per heavy atom. The van der Waals surface area contributed by atoms with Gasteiger partial charge >= 0.3 is 5.97 Å². The number of benzene rings is 3. The Bertz CT molecular complexity index is 2020. The molecule has 3 aliphatic heterocycles. The van der Waals surface area contributed by atoms with Crippen molar-refractivity contribution in [2.75, 3.05) is 24.6 Å². The van der Waals surface area contributed by atoms with Crippen LogP contribution in [0.5, 0.6) is 5.75 Å². The monoisotopic (exact) mass is 625 g/mol. The Hall–Kier alpha value is -3.93. The maximum atomic E-state index is 14.9. The number of likely N-dealkylation sites (N-methyl/N-ethyl adjacent to an activating group) is 2. The van der Waals surface area contributed by atoms with Gasteiger partial charge < -0.3 is 19.6 Å². The van der Waals surface area contributed by atoms with E-state index < -0.39 is 19.9 Å². The standard InChI is InChI=1S/C37H41N2O5P/c1-9-38-30-17-32-28(15-26(30)22(3)19-36(38,5)6)35(24-11-13-25(14-12-24)44-21-34(40)41)29-16-27-23(4)20-37(7,8)39(10-2)31(27)18-33(29)45(32,42)43/h11-20H,9-10,21H2,1-8H3,(H-,40,41,42,43)/p+1. The lowest BCUT2D eigenvalue weighted by molar-refractivity contribution is -0.139. The molecule has 1 unspecified atom stereocenters. The molecule has 0 saturated heterocycles. The molecule has 0 aliphatic carbocycles. The Kier molecular flexibility index (Phi) is 7.30. The van der Waals surface area contributed by atoms with E-state index in [2.05, 4.69) is 89.2 Å². The van der Waals surface area contributed by atoms with Crippen molar-refractivity contribution in [3.63, 3.8) is 0 Å². The summed E-state index contributed by atoms with van der Waals surface area (Å²) in [4.78, 5) is 25.6. The highest BCUT2D eigenvalue weighted by molar-refractivity contribution is 7.73. The Morgan fingerprint density at radius 1 is 0.911 bits per heavy atom. The second kappa shape index (κ2) is 10.6. The number of allylic oxidation sites excluding steroid dienone is 2. The van der Waals surface area contributed by atoms with Crippen LogP contribution in [-0.2, 0) is 9.36 Å². The van der Waals surface area contributed by atoms with Gasteiger partial charge in [-0.25, -0.2) is 9.37 Å². The van der Waals surface area contributed by atoms with Crippen molar-refractivity contribution in [3.8, 4) is 5.75 Å². The average molecular weight is 626 g/mol. The molecular weight excluding hydrogens is 583 g/mol. The van der Waals surface area contributed by atoms with Gasteiger partial charge in [0.2, 0.25) is 5.36 Å². The molecule has 3 heterocycles. The number of rotatable bonds is 6. The number of ether oxygens (including phenoxy) is 1. The first-order valence-electron chi connectivity index (χ1n) is 15.6. The number of carboxylic acid groups (broad SMARTS) is 1. The molecular formula is C37H42N2O5P+. The molecule has 8 heteroatoms. The summed E-state index contributed by atoms with van der Waals surface area (Å²) >= 11 is 0. The first kappa shape index (κ1) is 31.1. The van der Waals surface area contributed by atoms with E-state index in [4.69, 9.17) is 9.84 Å². The average Bonchev–Trinajstić information content (AvgIpc) is 2.95. The number of hydrogen-bond acceptors (Lipinski definition) is 4. The molecule has 234 valence electrons. The minimum absolute atomic E-state index is 0.249. The van der Waals surface area contributed by atoms with Crippen molar-refractivity contribution in [1.82, 2.24) is 4.58 Å². The number of hydrogen-bond donors (Lipinski definition) is 2. The van der Waals surface area contributed by atoms with Crippen LogP contribution >= 0.6 is 7.37 Å². The van der Waals surface area contributed by atoms with Crippen LogP contribution in [0.3, 0.4) is 0 Å². The van der Waals surface area contributed by atoms with Crippen LogP contribution in [0, 0.1) is 0 Å². The Labute approximate surface area is 264 Å². The fraction of sp³-hybridized carbons (Fsp3) is 0.351. The van der Waals surface area contributed by atoms with Crippen LogP contribution in [0.25, 0.3) is 16.7 Å². The van der Waals surface area contributed by atoms with E-state index in [9.17, 15) is 14.3 Å². The minimum atomic E-state index is -4.05. The van der Waals surface area contributed by atoms with Gasteiger partial charge in [-0.2, -0.15) is 0 Å². The van der Waals surface area contributed by atoms with Crippen LogP contribution in [0.1, 0.15) is 77.6 Å². The third kappa shape index (κ3) is 4.88. The van der Waals surface area contributed by atoms with Gasteiger partial charge in [0, 0.05) is 43.3 Å². The smallest absolute Gasteiger partial charge is 0.341 e. The number of nitrogens with zero attached hydrogens (tertiary/aromatic N) is 2. The van der Waals surface area contributed by atoms with E-state index >= 15 is 0 Å². The summed E-state index contributed by atoms with van der Waals surface area (Å²) in [6.45, 7) is 18.2. The van der Waals surface area contributed by atoms with E-state index in [-0.39, 0.29) is 11.1 Å². The zero-order chi connectivity index (χ0) is 32.6. The van der Waals surface area contributed by atoms with Gasteiger partial charge in [0.25, 0.3) is 7.37 Å². The molecule has 0 amide bonds. The first-order chi connectivity index (χ1) is 21.1. The molecule has 3 aromatic rings. The van der Waals surface area contributed by atoms with E-state index in [0.29, 0.717) is 16.4 Å². The highest BCUT2D eigenvalue weighted by atomic mass is 31.2. The predicted molar refractivity (Wildman–Crippen MR) is 183 cm³/mol. The van der Waals surface area contributed by atoms with E-state index in [0.717, 1.165) is 68.3 Å². The molecule has 0 aromatic heterocycles. The SMILES string of the molecule is CCN1c2cc3c(cc2C(C)=CC1(C)C)C(c1ccc(OCC(=O)O)cc1)=c1cc2c(cc1P3(=O)O)=[N+](CC)C(C)(C)C=C2C. The predicted octanol–water partition coefficient (Wildman–Crippen LogP) is 4.66. The molecule has 0 saturated carbocycles. The maximum absolute atomic E-state index is 14.9. The number of anilines is 1. The van der Waals surface area contributed by atoms with Crippen molar-refractivity contribution in [2.45, 2.75) is 66.5 Å². The normalized spacial score (nSPS) is 20.8. The summed E-state index contributed by atoms with van der Waals surface area (Å²) in [6, 6.07) is 15.4. The fourth-order valence-corrected chi connectivity index (χ4v) is 9.59. The summed E-state index contributed by atoms with van der Waals surface area (Å²) in [7, 11) is -4.05. The summed E-state index contributed by atoms with van der Waals surface area (Å²) < 4.78 is 22.6. The van der Waals surface area contributed by atoms with Gasteiger partial charge in [-0.15, -0.1) is 0 Å². The maximum Gasteiger partial charge on any atom is 0.341 e. The lowest BCUT2D eigenvalue weighted by Crippen LogP contribution is -2.51. The van der Waals surface area contributed by atoms with Crippen LogP contribution in [0.4, 0.5) is 5.69 Å². The molecule has 0 fully saturated rings. The number of carboxylic acids is 1. The van der Waals surface area contributed by atoms with Crippen molar-refractivity contribution < 1.29 is 24.1 Å². The summed E-state index contributed by atoms with van der Waals surface area (Å²) in [6.07, 6.45) is 4.53. The summed E-state index contributed by atoms with van der Waals surface area (Å²) in [5.74, 6) is -0.599. The van der Waals surface area contributed by atoms with Gasteiger partial charge in [-0.05, 0) is 111 Å². The van der Waals surface area contributed by atoms with E-state index in [1.165, 1.54) is 0 Å². The molecule has 45 heavy (non-hydrogen) atoms. The molecule has 0 bridgehead atoms. The van der Waals surface area contributed by atoms with Crippen molar-refractivity contribution >= 4 is 46.4 Å². The lowest BCUT2D eigenvalue weighted by atomic mass is 9.85. The number of carbonyl (C=O) groups is 1. The van der Waals surface area contributed by atoms with Crippen LogP contribution in [0.2, 0.25) is 0 Å². The fourth-order valence-electron chi connectivity index (χ4n) is 7.73. The van der Waals surface area contributed by atoms with Gasteiger partial charge in [0.1, 0.15) is 12.3 Å². The van der Waals surface area contributed by atoms with Gasteiger partial charge in [0.15, 0.2) is 12.1 Å². The van der Waals surface area contributed by atoms with Gasteiger partial charge in [0.05, 0.1) is 16.1 Å². The van der Waals surface area contributed by atoms with Crippen LogP contribution < -0.4 is 35.4 Å².